The average molecular weight is 224 g/mol. The summed E-state index contributed by atoms with van der Waals surface area (Å²) in [6.45, 7) is 4.69. The van der Waals surface area contributed by atoms with E-state index < -0.39 is 0 Å². The zero-order valence-electron chi connectivity index (χ0n) is 9.62. The molecule has 1 aromatic heterocycles. The van der Waals surface area contributed by atoms with Gasteiger partial charge in [0.2, 0.25) is 0 Å². The molecule has 1 fully saturated rings. The maximum Gasteiger partial charge on any atom is 0.0794 e. The molecule has 1 aliphatic carbocycles. The van der Waals surface area contributed by atoms with Gasteiger partial charge in [-0.1, -0.05) is 13.8 Å². The molecule has 2 rings (SSSR count). The fourth-order valence-corrected chi connectivity index (χ4v) is 3.03. The number of nitrogens with zero attached hydrogens (tertiary/aromatic N) is 1. The van der Waals surface area contributed by atoms with E-state index in [4.69, 9.17) is 5.73 Å². The van der Waals surface area contributed by atoms with Crippen LogP contribution in [-0.4, -0.2) is 10.5 Å². The molecular formula is C12H20N2S. The van der Waals surface area contributed by atoms with Crippen LogP contribution in [0, 0.1) is 5.41 Å². The van der Waals surface area contributed by atoms with E-state index in [2.05, 4.69) is 18.8 Å². The summed E-state index contributed by atoms with van der Waals surface area (Å²) in [6, 6.07) is 0. The first kappa shape index (κ1) is 11.1. The normalized spacial score (nSPS) is 23.9. The molecule has 0 atom stereocenters. The Labute approximate surface area is 95.9 Å². The summed E-state index contributed by atoms with van der Waals surface area (Å²) >= 11 is 1.72. The van der Waals surface area contributed by atoms with E-state index in [0.717, 1.165) is 19.3 Å². The van der Waals surface area contributed by atoms with Gasteiger partial charge in [0.05, 0.1) is 5.51 Å². The third-order valence-corrected chi connectivity index (χ3v) is 4.39. The van der Waals surface area contributed by atoms with Gasteiger partial charge >= 0.3 is 0 Å². The second-order valence-electron chi connectivity index (χ2n) is 5.67. The molecule has 3 heteroatoms. The van der Waals surface area contributed by atoms with Gasteiger partial charge in [0.25, 0.3) is 0 Å². The number of rotatable bonds is 2. The third kappa shape index (κ3) is 2.79. The van der Waals surface area contributed by atoms with Gasteiger partial charge in [-0.3, -0.25) is 4.98 Å². The Kier molecular flexibility index (Phi) is 2.86. The predicted octanol–water partition coefficient (Wildman–Crippen LogP) is 2.98. The summed E-state index contributed by atoms with van der Waals surface area (Å²) in [5.74, 6) is 0. The lowest BCUT2D eigenvalue weighted by Crippen LogP contribution is -2.46. The first-order valence-corrected chi connectivity index (χ1v) is 6.53. The van der Waals surface area contributed by atoms with Crippen molar-refractivity contribution in [1.29, 1.82) is 0 Å². The largest absolute Gasteiger partial charge is 0.325 e. The van der Waals surface area contributed by atoms with Gasteiger partial charge in [-0.25, -0.2) is 0 Å². The molecule has 0 saturated heterocycles. The van der Waals surface area contributed by atoms with E-state index in [1.807, 2.05) is 11.7 Å². The lowest BCUT2D eigenvalue weighted by molar-refractivity contribution is 0.165. The van der Waals surface area contributed by atoms with Crippen molar-refractivity contribution in [3.8, 4) is 0 Å². The zero-order chi connectivity index (χ0) is 10.9. The molecule has 2 N–H and O–H groups in total. The van der Waals surface area contributed by atoms with Crippen molar-refractivity contribution < 1.29 is 0 Å². The van der Waals surface area contributed by atoms with Crippen LogP contribution in [0.5, 0.6) is 0 Å². The fraction of sp³-hybridized carbons (Fsp3) is 0.750. The standard InChI is InChI=1S/C12H20N2S/c1-11(2)3-5-12(13,6-4-11)7-10-8-14-9-15-10/h8-9H,3-7,13H2,1-2H3. The van der Waals surface area contributed by atoms with Gasteiger partial charge in [-0.2, -0.15) is 0 Å². The van der Waals surface area contributed by atoms with Crippen molar-refractivity contribution in [2.45, 2.75) is 51.5 Å². The maximum atomic E-state index is 6.45. The van der Waals surface area contributed by atoms with Crippen LogP contribution < -0.4 is 5.73 Å². The lowest BCUT2D eigenvalue weighted by Gasteiger charge is -2.41. The molecule has 1 aromatic rings. The minimum atomic E-state index is 0.0298. The molecule has 0 amide bonds. The van der Waals surface area contributed by atoms with Crippen molar-refractivity contribution in [1.82, 2.24) is 4.98 Å². The molecule has 2 nitrogen and oxygen atoms in total. The van der Waals surface area contributed by atoms with E-state index in [0.29, 0.717) is 5.41 Å². The van der Waals surface area contributed by atoms with Gasteiger partial charge in [-0.15, -0.1) is 11.3 Å². The van der Waals surface area contributed by atoms with Crippen LogP contribution in [-0.2, 0) is 6.42 Å². The average Bonchev–Trinajstić information content (AvgIpc) is 2.64. The highest BCUT2D eigenvalue weighted by Crippen LogP contribution is 2.40. The van der Waals surface area contributed by atoms with Gasteiger partial charge in [0.1, 0.15) is 0 Å². The van der Waals surface area contributed by atoms with Crippen LogP contribution in [0.15, 0.2) is 11.7 Å². The number of hydrogen-bond acceptors (Lipinski definition) is 3. The van der Waals surface area contributed by atoms with Crippen molar-refractivity contribution in [2.75, 3.05) is 0 Å². The fourth-order valence-electron chi connectivity index (χ4n) is 2.28. The molecule has 0 aromatic carbocycles. The summed E-state index contributed by atoms with van der Waals surface area (Å²) in [5, 5.41) is 0. The summed E-state index contributed by atoms with van der Waals surface area (Å²) in [4.78, 5) is 5.44. The second kappa shape index (κ2) is 3.87. The summed E-state index contributed by atoms with van der Waals surface area (Å²) in [5.41, 5.74) is 8.87. The first-order valence-electron chi connectivity index (χ1n) is 5.65. The van der Waals surface area contributed by atoms with Crippen LogP contribution in [0.2, 0.25) is 0 Å². The summed E-state index contributed by atoms with van der Waals surface area (Å²) < 4.78 is 0. The predicted molar refractivity (Wildman–Crippen MR) is 65.0 cm³/mol. The Bertz CT molecular complexity index is 306. The van der Waals surface area contributed by atoms with Crippen molar-refractivity contribution >= 4 is 11.3 Å². The minimum Gasteiger partial charge on any atom is -0.325 e. The molecule has 1 aliphatic rings. The molecule has 0 spiro atoms. The zero-order valence-corrected chi connectivity index (χ0v) is 10.4. The van der Waals surface area contributed by atoms with E-state index in [1.54, 1.807) is 11.3 Å². The van der Waals surface area contributed by atoms with Crippen LogP contribution in [0.3, 0.4) is 0 Å². The third-order valence-electron chi connectivity index (χ3n) is 3.61. The molecular weight excluding hydrogens is 204 g/mol. The highest BCUT2D eigenvalue weighted by Gasteiger charge is 2.35. The Morgan fingerprint density at radius 2 is 2.00 bits per heavy atom. The summed E-state index contributed by atoms with van der Waals surface area (Å²) in [6.07, 6.45) is 7.77. The van der Waals surface area contributed by atoms with Crippen molar-refractivity contribution in [3.05, 3.63) is 16.6 Å². The monoisotopic (exact) mass is 224 g/mol. The van der Waals surface area contributed by atoms with Crippen LogP contribution in [0.25, 0.3) is 0 Å². The van der Waals surface area contributed by atoms with E-state index in [1.165, 1.54) is 17.7 Å². The molecule has 0 aliphatic heterocycles. The van der Waals surface area contributed by atoms with E-state index in [9.17, 15) is 0 Å². The molecule has 0 radical (unpaired) electrons. The molecule has 84 valence electrons. The smallest absolute Gasteiger partial charge is 0.0794 e. The molecule has 15 heavy (non-hydrogen) atoms. The van der Waals surface area contributed by atoms with Crippen LogP contribution in [0.1, 0.15) is 44.4 Å². The van der Waals surface area contributed by atoms with Crippen LogP contribution in [0.4, 0.5) is 0 Å². The molecule has 1 heterocycles. The van der Waals surface area contributed by atoms with E-state index in [-0.39, 0.29) is 5.54 Å². The minimum absolute atomic E-state index is 0.0298. The second-order valence-corrected chi connectivity index (χ2v) is 6.64. The molecule has 1 saturated carbocycles. The number of hydrogen-bond donors (Lipinski definition) is 1. The molecule has 0 bridgehead atoms. The van der Waals surface area contributed by atoms with Gasteiger partial charge in [-0.05, 0) is 31.1 Å². The number of nitrogens with two attached hydrogens (primary N) is 1. The number of thiazole rings is 1. The maximum absolute atomic E-state index is 6.45. The van der Waals surface area contributed by atoms with Gasteiger partial charge in [0, 0.05) is 23.0 Å². The van der Waals surface area contributed by atoms with Gasteiger partial charge < -0.3 is 5.73 Å². The summed E-state index contributed by atoms with van der Waals surface area (Å²) in [7, 11) is 0. The Hall–Kier alpha value is -0.410. The molecule has 0 unspecified atom stereocenters. The van der Waals surface area contributed by atoms with Crippen molar-refractivity contribution in [3.63, 3.8) is 0 Å². The highest BCUT2D eigenvalue weighted by molar-refractivity contribution is 7.09. The van der Waals surface area contributed by atoms with Crippen molar-refractivity contribution in [2.24, 2.45) is 11.1 Å². The quantitative estimate of drug-likeness (QED) is 0.838. The Balaban J connectivity index is 1.98. The number of aromatic nitrogens is 1. The SMILES string of the molecule is CC1(C)CCC(N)(Cc2cncs2)CC1. The Morgan fingerprint density at radius 3 is 2.53 bits per heavy atom. The lowest BCUT2D eigenvalue weighted by atomic mass is 9.68. The van der Waals surface area contributed by atoms with Crippen LogP contribution >= 0.6 is 11.3 Å². The Morgan fingerprint density at radius 1 is 1.33 bits per heavy atom. The highest BCUT2D eigenvalue weighted by atomic mass is 32.1. The van der Waals surface area contributed by atoms with E-state index >= 15 is 0 Å². The first-order chi connectivity index (χ1) is 6.99. The van der Waals surface area contributed by atoms with Gasteiger partial charge in [0.15, 0.2) is 0 Å². The topological polar surface area (TPSA) is 38.9 Å².